The Morgan fingerprint density at radius 1 is 1.14 bits per heavy atom. The molecule has 0 aromatic rings. The monoisotopic (exact) mass is 215 g/mol. The van der Waals surface area contributed by atoms with Crippen molar-refractivity contribution in [3.8, 4) is 12.1 Å². The Kier molecular flexibility index (Phi) is 4.55. The minimum absolute atomic E-state index is 0.124. The van der Waals surface area contributed by atoms with E-state index in [-0.39, 0.29) is 5.92 Å². The Bertz CT molecular complexity index is 361. The first-order chi connectivity index (χ1) is 6.35. The van der Waals surface area contributed by atoms with Crippen molar-refractivity contribution in [2.75, 3.05) is 0 Å². The fraction of sp³-hybridized carbons (Fsp3) is 0.750. The molecule has 0 heterocycles. The topological polar surface area (TPSA) is 93.8 Å². The third kappa shape index (κ3) is 3.33. The van der Waals surface area contributed by atoms with Gasteiger partial charge in [-0.05, 0) is 12.8 Å². The lowest BCUT2D eigenvalue weighted by Gasteiger charge is -2.15. The van der Waals surface area contributed by atoms with Crippen LogP contribution >= 0.6 is 0 Å². The van der Waals surface area contributed by atoms with E-state index in [1.165, 1.54) is 6.92 Å². The molecular weight excluding hydrogens is 202 g/mol. The molecule has 0 spiro atoms. The van der Waals surface area contributed by atoms with Crippen molar-refractivity contribution < 1.29 is 8.42 Å². The summed E-state index contributed by atoms with van der Waals surface area (Å²) in [5.74, 6) is -0.124. The molecule has 0 radical (unpaired) electrons. The average molecular weight is 215 g/mol. The number of nitriles is 2. The molecule has 0 saturated heterocycles. The molecule has 0 fully saturated rings. The van der Waals surface area contributed by atoms with Gasteiger partial charge in [-0.1, -0.05) is 13.8 Å². The van der Waals surface area contributed by atoms with Crippen LogP contribution in [0.1, 0.15) is 20.8 Å². The van der Waals surface area contributed by atoms with Gasteiger partial charge in [0.05, 0.1) is 12.1 Å². The SMILES string of the molecule is CC(C)C(C#N)NS(=O)(=O)C(C)C#N. The van der Waals surface area contributed by atoms with E-state index in [0.29, 0.717) is 0 Å². The summed E-state index contributed by atoms with van der Waals surface area (Å²) in [4.78, 5) is 0. The van der Waals surface area contributed by atoms with Crippen LogP contribution in [0.25, 0.3) is 0 Å². The highest BCUT2D eigenvalue weighted by Crippen LogP contribution is 2.05. The van der Waals surface area contributed by atoms with Gasteiger partial charge in [-0.25, -0.2) is 8.42 Å². The quantitative estimate of drug-likeness (QED) is 0.732. The van der Waals surface area contributed by atoms with E-state index in [1.807, 2.05) is 6.07 Å². The summed E-state index contributed by atoms with van der Waals surface area (Å²) in [6, 6.07) is 2.67. The van der Waals surface area contributed by atoms with Crippen LogP contribution in [0.5, 0.6) is 0 Å². The van der Waals surface area contributed by atoms with Crippen LogP contribution < -0.4 is 4.72 Å². The standard InChI is InChI=1S/C8H13N3O2S/c1-6(2)8(5-10)11-14(12,13)7(3)4-9/h6-8,11H,1-3H3. The van der Waals surface area contributed by atoms with E-state index in [2.05, 4.69) is 4.72 Å². The zero-order valence-electron chi connectivity index (χ0n) is 8.35. The Hall–Kier alpha value is -1.11. The van der Waals surface area contributed by atoms with Crippen molar-refractivity contribution in [2.24, 2.45) is 5.92 Å². The van der Waals surface area contributed by atoms with Crippen molar-refractivity contribution in [3.05, 3.63) is 0 Å². The zero-order valence-corrected chi connectivity index (χ0v) is 9.17. The maximum absolute atomic E-state index is 11.4. The lowest BCUT2D eigenvalue weighted by molar-refractivity contribution is 0.513. The molecule has 0 saturated carbocycles. The van der Waals surface area contributed by atoms with Crippen LogP contribution in [0.4, 0.5) is 0 Å². The Balaban J connectivity index is 4.70. The van der Waals surface area contributed by atoms with Crippen molar-refractivity contribution in [1.82, 2.24) is 4.72 Å². The molecule has 0 aliphatic heterocycles. The zero-order chi connectivity index (χ0) is 11.4. The van der Waals surface area contributed by atoms with Gasteiger partial charge >= 0.3 is 0 Å². The Morgan fingerprint density at radius 2 is 1.64 bits per heavy atom. The van der Waals surface area contributed by atoms with E-state index in [4.69, 9.17) is 10.5 Å². The van der Waals surface area contributed by atoms with Crippen LogP contribution in [0.3, 0.4) is 0 Å². The number of sulfonamides is 1. The van der Waals surface area contributed by atoms with Crippen LogP contribution in [-0.4, -0.2) is 19.7 Å². The van der Waals surface area contributed by atoms with Gasteiger partial charge in [-0.15, -0.1) is 0 Å². The second-order valence-electron chi connectivity index (χ2n) is 3.28. The minimum atomic E-state index is -3.70. The molecule has 0 bridgehead atoms. The minimum Gasteiger partial charge on any atom is -0.211 e. The predicted molar refractivity (Wildman–Crippen MR) is 51.4 cm³/mol. The molecule has 0 aromatic carbocycles. The number of hydrogen-bond donors (Lipinski definition) is 1. The third-order valence-corrected chi connectivity index (χ3v) is 3.36. The smallest absolute Gasteiger partial charge is 0.211 e. The first-order valence-corrected chi connectivity index (χ1v) is 5.70. The molecule has 0 amide bonds. The second kappa shape index (κ2) is 4.94. The van der Waals surface area contributed by atoms with Crippen molar-refractivity contribution in [1.29, 1.82) is 10.5 Å². The number of nitrogens with zero attached hydrogens (tertiary/aromatic N) is 2. The van der Waals surface area contributed by atoms with E-state index in [9.17, 15) is 8.42 Å². The molecule has 2 atom stereocenters. The fourth-order valence-corrected chi connectivity index (χ4v) is 1.68. The predicted octanol–water partition coefficient (Wildman–Crippen LogP) is 0.366. The number of nitrogens with one attached hydrogen (secondary N) is 1. The summed E-state index contributed by atoms with van der Waals surface area (Å²) < 4.78 is 24.9. The van der Waals surface area contributed by atoms with Crippen LogP contribution in [0, 0.1) is 28.6 Å². The van der Waals surface area contributed by atoms with Crippen molar-refractivity contribution in [3.63, 3.8) is 0 Å². The van der Waals surface area contributed by atoms with Gasteiger partial charge in [0.1, 0.15) is 6.04 Å². The molecule has 78 valence electrons. The molecule has 1 N–H and O–H groups in total. The number of hydrogen-bond acceptors (Lipinski definition) is 4. The lowest BCUT2D eigenvalue weighted by atomic mass is 10.1. The van der Waals surface area contributed by atoms with E-state index in [1.54, 1.807) is 19.9 Å². The normalized spacial score (nSPS) is 15.6. The molecule has 6 heteroatoms. The van der Waals surface area contributed by atoms with Gasteiger partial charge in [0.15, 0.2) is 5.25 Å². The Labute approximate surface area is 84.4 Å². The highest BCUT2D eigenvalue weighted by Gasteiger charge is 2.25. The molecule has 5 nitrogen and oxygen atoms in total. The molecular formula is C8H13N3O2S. The van der Waals surface area contributed by atoms with Crippen molar-refractivity contribution >= 4 is 10.0 Å². The van der Waals surface area contributed by atoms with Crippen LogP contribution in [0.15, 0.2) is 0 Å². The van der Waals surface area contributed by atoms with Gasteiger partial charge in [0.25, 0.3) is 0 Å². The molecule has 14 heavy (non-hydrogen) atoms. The molecule has 0 aliphatic rings. The van der Waals surface area contributed by atoms with Gasteiger partial charge < -0.3 is 0 Å². The molecule has 2 unspecified atom stereocenters. The summed E-state index contributed by atoms with van der Waals surface area (Å²) in [7, 11) is -3.70. The first kappa shape index (κ1) is 12.9. The molecule has 0 aromatic heterocycles. The molecule has 0 aliphatic carbocycles. The highest BCUT2D eigenvalue weighted by molar-refractivity contribution is 7.90. The van der Waals surface area contributed by atoms with E-state index < -0.39 is 21.3 Å². The summed E-state index contributed by atoms with van der Waals surface area (Å²) >= 11 is 0. The fourth-order valence-electron chi connectivity index (χ4n) is 0.660. The van der Waals surface area contributed by atoms with Crippen LogP contribution in [-0.2, 0) is 10.0 Å². The summed E-state index contributed by atoms with van der Waals surface area (Å²) in [5, 5.41) is 16.0. The summed E-state index contributed by atoms with van der Waals surface area (Å²) in [6.45, 7) is 4.73. The maximum atomic E-state index is 11.4. The van der Waals surface area contributed by atoms with Gasteiger partial charge in [-0.2, -0.15) is 15.2 Å². The van der Waals surface area contributed by atoms with Gasteiger partial charge in [0.2, 0.25) is 10.0 Å². The maximum Gasteiger partial charge on any atom is 0.228 e. The lowest BCUT2D eigenvalue weighted by Crippen LogP contribution is -2.41. The third-order valence-electron chi connectivity index (χ3n) is 1.74. The molecule has 0 rings (SSSR count). The average Bonchev–Trinajstić information content (AvgIpc) is 2.12. The Morgan fingerprint density at radius 3 is 1.93 bits per heavy atom. The summed E-state index contributed by atoms with van der Waals surface area (Å²) in [5.41, 5.74) is 0. The summed E-state index contributed by atoms with van der Waals surface area (Å²) in [6.07, 6.45) is 0. The largest absolute Gasteiger partial charge is 0.228 e. The van der Waals surface area contributed by atoms with Gasteiger partial charge in [-0.3, -0.25) is 0 Å². The van der Waals surface area contributed by atoms with Crippen LogP contribution in [0.2, 0.25) is 0 Å². The van der Waals surface area contributed by atoms with Gasteiger partial charge in [0, 0.05) is 0 Å². The first-order valence-electron chi connectivity index (χ1n) is 4.15. The van der Waals surface area contributed by atoms with E-state index in [0.717, 1.165) is 0 Å². The second-order valence-corrected chi connectivity index (χ2v) is 5.32. The number of rotatable bonds is 4. The highest BCUT2D eigenvalue weighted by atomic mass is 32.2. The van der Waals surface area contributed by atoms with E-state index >= 15 is 0 Å². The van der Waals surface area contributed by atoms with Crippen molar-refractivity contribution in [2.45, 2.75) is 32.1 Å².